The molecule has 10 heteroatoms. The molecule has 10 nitrogen and oxygen atoms in total. The van der Waals surface area contributed by atoms with Crippen LogP contribution in [-0.4, -0.2) is 86.9 Å². The molecule has 5 aliphatic carbocycles. The van der Waals surface area contributed by atoms with Gasteiger partial charge in [-0.2, -0.15) is 0 Å². The van der Waals surface area contributed by atoms with Crippen molar-refractivity contribution >= 4 is 11.9 Å². The third-order valence-electron chi connectivity index (χ3n) is 15.6. The van der Waals surface area contributed by atoms with Crippen molar-refractivity contribution in [3.8, 4) is 0 Å². The molecule has 48 heavy (non-hydrogen) atoms. The number of amides is 1. The number of aliphatic hydroxyl groups excluding tert-OH is 4. The minimum absolute atomic E-state index is 0.0124. The molecule has 1 amide bonds. The maximum atomic E-state index is 13.0. The van der Waals surface area contributed by atoms with E-state index in [1.54, 1.807) is 0 Å². The van der Waals surface area contributed by atoms with Crippen molar-refractivity contribution in [2.24, 2.45) is 50.2 Å². The Morgan fingerprint density at radius 1 is 0.938 bits per heavy atom. The number of allylic oxidation sites excluding steroid dienone is 2. The molecule has 6 rings (SSSR count). The summed E-state index contributed by atoms with van der Waals surface area (Å²) in [4.78, 5) is 25.1. The number of rotatable bonds is 5. The van der Waals surface area contributed by atoms with Gasteiger partial charge in [-0.05, 0) is 103 Å². The SMILES string of the molecule is CC(=O)N[C@@H]1[C@@H](O[C@@H]2CC[C@]3(C)[C@H](CC[C@]4(C)[C@@H]3CC=C3[C@H]5CC(C)(C)CC[C@]5(C(=O)O)[C@@H](O)C[C@@]34C)C2(C)C)O[C@@H](CO)[C@@H](O)[C@H]1O. The highest BCUT2D eigenvalue weighted by Crippen LogP contribution is 2.76. The van der Waals surface area contributed by atoms with Crippen LogP contribution in [0.1, 0.15) is 113 Å². The average molecular weight is 676 g/mol. The van der Waals surface area contributed by atoms with E-state index in [0.29, 0.717) is 18.8 Å². The lowest BCUT2D eigenvalue weighted by molar-refractivity contribution is -0.307. The number of carbonyl (C=O) groups excluding carboxylic acids is 1. The lowest BCUT2D eigenvalue weighted by Crippen LogP contribution is -2.68. The zero-order valence-corrected chi connectivity index (χ0v) is 30.3. The Labute approximate surface area is 286 Å². The largest absolute Gasteiger partial charge is 0.481 e. The molecule has 6 N–H and O–H groups in total. The summed E-state index contributed by atoms with van der Waals surface area (Å²) in [5.41, 5.74) is -0.648. The standard InChI is InChI=1S/C38H61NO9/c1-20(41)39-28-30(44)29(43)23(19-40)47-31(28)48-27-12-13-35(6)24(34(27,4)5)11-14-36(7)25(35)10-9-21-22-17-33(2,3)15-16-38(22,32(45)46)26(42)18-37(21,36)8/h9,22-31,40,42-44H,10-19H2,1-8H3,(H,39,41)(H,45,46)/t22-,23+,24-,25-,26+,27-,28+,29-,30+,31-,35-,36-,37+,38-/m1/s1. The Morgan fingerprint density at radius 2 is 1.62 bits per heavy atom. The molecule has 0 unspecified atom stereocenters. The monoisotopic (exact) mass is 675 g/mol. The Kier molecular flexibility index (Phi) is 8.86. The van der Waals surface area contributed by atoms with Crippen LogP contribution in [0.3, 0.4) is 0 Å². The van der Waals surface area contributed by atoms with E-state index in [-0.39, 0.29) is 50.9 Å². The molecule has 1 heterocycles. The highest BCUT2D eigenvalue weighted by molar-refractivity contribution is 5.77. The average Bonchev–Trinajstić information content (AvgIpc) is 2.97. The molecule has 6 aliphatic rings. The molecule has 1 saturated heterocycles. The normalized spacial score (nSPS) is 50.9. The van der Waals surface area contributed by atoms with Gasteiger partial charge in [0.25, 0.3) is 0 Å². The molecule has 0 spiro atoms. The van der Waals surface area contributed by atoms with E-state index in [2.05, 4.69) is 59.9 Å². The first-order valence-electron chi connectivity index (χ1n) is 18.4. The van der Waals surface area contributed by atoms with Gasteiger partial charge in [0.2, 0.25) is 5.91 Å². The summed E-state index contributed by atoms with van der Waals surface area (Å²) >= 11 is 0. The van der Waals surface area contributed by atoms with Crippen LogP contribution in [-0.2, 0) is 19.1 Å². The van der Waals surface area contributed by atoms with Crippen molar-refractivity contribution in [3.63, 3.8) is 0 Å². The molecule has 0 aromatic carbocycles. The van der Waals surface area contributed by atoms with Crippen molar-refractivity contribution in [3.05, 3.63) is 11.6 Å². The minimum Gasteiger partial charge on any atom is -0.481 e. The van der Waals surface area contributed by atoms with Crippen LogP contribution in [0.4, 0.5) is 0 Å². The summed E-state index contributed by atoms with van der Waals surface area (Å²) in [6.07, 6.45) is 3.42. The van der Waals surface area contributed by atoms with Gasteiger partial charge in [-0.3, -0.25) is 9.59 Å². The van der Waals surface area contributed by atoms with Crippen LogP contribution in [0.15, 0.2) is 11.6 Å². The zero-order valence-electron chi connectivity index (χ0n) is 30.3. The molecule has 0 aromatic heterocycles. The summed E-state index contributed by atoms with van der Waals surface area (Å²) in [7, 11) is 0. The smallest absolute Gasteiger partial charge is 0.312 e. The highest BCUT2D eigenvalue weighted by atomic mass is 16.7. The van der Waals surface area contributed by atoms with Crippen molar-refractivity contribution in [1.29, 1.82) is 0 Å². The van der Waals surface area contributed by atoms with Gasteiger partial charge >= 0.3 is 5.97 Å². The van der Waals surface area contributed by atoms with E-state index in [4.69, 9.17) is 9.47 Å². The van der Waals surface area contributed by atoms with Crippen LogP contribution in [0.2, 0.25) is 0 Å². The quantitative estimate of drug-likeness (QED) is 0.185. The van der Waals surface area contributed by atoms with Gasteiger partial charge in [-0.1, -0.05) is 60.1 Å². The third kappa shape index (κ3) is 5.01. The Bertz CT molecular complexity index is 1330. The maximum absolute atomic E-state index is 13.0. The second-order valence-corrected chi connectivity index (χ2v) is 18.7. The van der Waals surface area contributed by atoms with E-state index in [0.717, 1.165) is 44.9 Å². The lowest BCUT2D eigenvalue weighted by atomic mass is 9.33. The fourth-order valence-corrected chi connectivity index (χ4v) is 12.7. The first kappa shape index (κ1) is 36.2. The predicted octanol–water partition coefficient (Wildman–Crippen LogP) is 4.17. The number of aliphatic hydroxyl groups is 4. The van der Waals surface area contributed by atoms with Gasteiger partial charge < -0.3 is 40.3 Å². The first-order chi connectivity index (χ1) is 22.2. The number of fused-ring (bicyclic) bond motifs is 7. The fraction of sp³-hybridized carbons (Fsp3) is 0.895. The molecule has 1 aliphatic heterocycles. The van der Waals surface area contributed by atoms with E-state index in [1.807, 2.05) is 0 Å². The summed E-state index contributed by atoms with van der Waals surface area (Å²) in [5.74, 6) is -0.798. The van der Waals surface area contributed by atoms with Crippen LogP contribution in [0.5, 0.6) is 0 Å². The van der Waals surface area contributed by atoms with Gasteiger partial charge in [-0.25, -0.2) is 0 Å². The summed E-state index contributed by atoms with van der Waals surface area (Å²) in [6.45, 7) is 17.0. The number of aliphatic carboxylic acids is 1. The van der Waals surface area contributed by atoms with Gasteiger partial charge in [0.15, 0.2) is 6.29 Å². The van der Waals surface area contributed by atoms with Crippen LogP contribution >= 0.6 is 0 Å². The Morgan fingerprint density at radius 3 is 2.25 bits per heavy atom. The lowest BCUT2D eigenvalue weighted by Gasteiger charge is -2.71. The molecule has 0 radical (unpaired) electrons. The van der Waals surface area contributed by atoms with Gasteiger partial charge in [0, 0.05) is 6.92 Å². The van der Waals surface area contributed by atoms with Crippen molar-refractivity contribution in [2.75, 3.05) is 6.61 Å². The van der Waals surface area contributed by atoms with Crippen molar-refractivity contribution < 1.29 is 44.6 Å². The van der Waals surface area contributed by atoms with Crippen LogP contribution < -0.4 is 5.32 Å². The molecular formula is C38H61NO9. The minimum atomic E-state index is -1.37. The molecular weight excluding hydrogens is 614 g/mol. The van der Waals surface area contributed by atoms with Crippen LogP contribution in [0, 0.1) is 50.2 Å². The second-order valence-electron chi connectivity index (χ2n) is 18.7. The number of hydrogen-bond acceptors (Lipinski definition) is 8. The molecule has 4 saturated carbocycles. The van der Waals surface area contributed by atoms with E-state index in [9.17, 15) is 35.1 Å². The molecule has 0 bridgehead atoms. The number of hydrogen-bond donors (Lipinski definition) is 6. The van der Waals surface area contributed by atoms with E-state index >= 15 is 0 Å². The molecule has 5 fully saturated rings. The third-order valence-corrected chi connectivity index (χ3v) is 15.6. The second kappa shape index (κ2) is 11.7. The fourth-order valence-electron chi connectivity index (χ4n) is 12.7. The summed E-state index contributed by atoms with van der Waals surface area (Å²) in [5, 5.41) is 56.6. The van der Waals surface area contributed by atoms with Crippen molar-refractivity contribution in [1.82, 2.24) is 5.32 Å². The number of carbonyl (C=O) groups is 2. The van der Waals surface area contributed by atoms with E-state index in [1.165, 1.54) is 12.5 Å². The number of carboxylic acids is 1. The van der Waals surface area contributed by atoms with Gasteiger partial charge in [0.1, 0.15) is 29.8 Å². The van der Waals surface area contributed by atoms with E-state index < -0.39 is 54.7 Å². The first-order valence-corrected chi connectivity index (χ1v) is 18.4. The van der Waals surface area contributed by atoms with Crippen LogP contribution in [0.25, 0.3) is 0 Å². The Balaban J connectivity index is 1.31. The van der Waals surface area contributed by atoms with Crippen molar-refractivity contribution in [2.45, 2.75) is 156 Å². The molecule has 14 atom stereocenters. The number of carboxylic acid groups (broad SMARTS) is 1. The van der Waals surface area contributed by atoms with Gasteiger partial charge in [-0.15, -0.1) is 0 Å². The Hall–Kier alpha value is -1.56. The summed E-state index contributed by atoms with van der Waals surface area (Å²) < 4.78 is 12.7. The number of nitrogens with one attached hydrogen (secondary N) is 1. The molecule has 272 valence electrons. The topological polar surface area (TPSA) is 166 Å². The zero-order chi connectivity index (χ0) is 35.4. The highest BCUT2D eigenvalue weighted by Gasteiger charge is 2.71. The summed E-state index contributed by atoms with van der Waals surface area (Å²) in [6, 6.07) is -0.985. The maximum Gasteiger partial charge on any atom is 0.312 e. The predicted molar refractivity (Wildman–Crippen MR) is 178 cm³/mol. The van der Waals surface area contributed by atoms with Gasteiger partial charge in [0.05, 0.1) is 18.8 Å². The number of ether oxygens (including phenoxy) is 2. The molecule has 0 aromatic rings.